The normalized spacial score (nSPS) is 16.2. The highest BCUT2D eigenvalue weighted by Crippen LogP contribution is 2.15. The van der Waals surface area contributed by atoms with E-state index in [-0.39, 0.29) is 23.0 Å². The number of carbonyl (C=O) groups excluding carboxylic acids is 1. The molecule has 5 nitrogen and oxygen atoms in total. The summed E-state index contributed by atoms with van der Waals surface area (Å²) in [4.78, 5) is 13.6. The number of carbonyl (C=O) groups is 1. The van der Waals surface area contributed by atoms with Crippen LogP contribution in [-0.2, 0) is 21.1 Å². The standard InChI is InChI=1S/C13H17NO4S/c1-2-19(17,18)12-5-3-10(4-6-12)7-13(16)14-8-11(15)9-14/h3-6,11,15H,2,7-9H2,1H3. The number of aliphatic hydroxyl groups excluding tert-OH is 1. The lowest BCUT2D eigenvalue weighted by Gasteiger charge is -2.35. The van der Waals surface area contributed by atoms with Crippen LogP contribution in [0.25, 0.3) is 0 Å². The predicted molar refractivity (Wildman–Crippen MR) is 70.5 cm³/mol. The Morgan fingerprint density at radius 2 is 1.89 bits per heavy atom. The Bertz CT molecular complexity index is 559. The molecule has 19 heavy (non-hydrogen) atoms. The van der Waals surface area contributed by atoms with Crippen LogP contribution in [0, 0.1) is 0 Å². The fraction of sp³-hybridized carbons (Fsp3) is 0.462. The quantitative estimate of drug-likeness (QED) is 0.858. The molecule has 0 radical (unpaired) electrons. The average Bonchev–Trinajstić information content (AvgIpc) is 2.35. The van der Waals surface area contributed by atoms with Crippen molar-refractivity contribution in [2.45, 2.75) is 24.3 Å². The lowest BCUT2D eigenvalue weighted by atomic mass is 10.1. The van der Waals surface area contributed by atoms with E-state index < -0.39 is 15.9 Å². The molecule has 0 atom stereocenters. The van der Waals surface area contributed by atoms with Gasteiger partial charge in [-0.05, 0) is 17.7 Å². The minimum Gasteiger partial charge on any atom is -0.389 e. The zero-order chi connectivity index (χ0) is 14.0. The highest BCUT2D eigenvalue weighted by Gasteiger charge is 2.28. The smallest absolute Gasteiger partial charge is 0.227 e. The number of amides is 1. The van der Waals surface area contributed by atoms with Crippen LogP contribution in [0.5, 0.6) is 0 Å². The third kappa shape index (κ3) is 3.13. The Morgan fingerprint density at radius 1 is 1.32 bits per heavy atom. The first-order valence-electron chi connectivity index (χ1n) is 6.20. The first-order valence-corrected chi connectivity index (χ1v) is 7.85. The second kappa shape index (κ2) is 5.30. The molecule has 104 valence electrons. The maximum Gasteiger partial charge on any atom is 0.227 e. The summed E-state index contributed by atoms with van der Waals surface area (Å²) in [7, 11) is -3.19. The van der Waals surface area contributed by atoms with Crippen LogP contribution in [0.15, 0.2) is 29.2 Å². The fourth-order valence-electron chi connectivity index (χ4n) is 1.93. The number of sulfone groups is 1. The molecule has 2 rings (SSSR count). The Kier molecular flexibility index (Phi) is 3.91. The molecule has 1 aliphatic rings. The lowest BCUT2D eigenvalue weighted by Crippen LogP contribution is -2.53. The number of hydrogen-bond acceptors (Lipinski definition) is 4. The zero-order valence-electron chi connectivity index (χ0n) is 10.7. The van der Waals surface area contributed by atoms with Crippen LogP contribution in [0.4, 0.5) is 0 Å². The van der Waals surface area contributed by atoms with E-state index in [0.717, 1.165) is 5.56 Å². The van der Waals surface area contributed by atoms with Gasteiger partial charge in [-0.3, -0.25) is 4.79 Å². The summed E-state index contributed by atoms with van der Waals surface area (Å²) in [5.74, 6) is 0.0214. The van der Waals surface area contributed by atoms with Crippen molar-refractivity contribution >= 4 is 15.7 Å². The van der Waals surface area contributed by atoms with E-state index in [1.807, 2.05) is 0 Å². The van der Waals surface area contributed by atoms with E-state index in [1.165, 1.54) is 12.1 Å². The van der Waals surface area contributed by atoms with E-state index in [1.54, 1.807) is 24.0 Å². The highest BCUT2D eigenvalue weighted by atomic mass is 32.2. The molecule has 1 amide bonds. The van der Waals surface area contributed by atoms with Crippen molar-refractivity contribution in [2.24, 2.45) is 0 Å². The molecule has 0 saturated carbocycles. The van der Waals surface area contributed by atoms with Gasteiger partial charge >= 0.3 is 0 Å². The van der Waals surface area contributed by atoms with Gasteiger partial charge in [-0.1, -0.05) is 19.1 Å². The van der Waals surface area contributed by atoms with Crippen molar-refractivity contribution < 1.29 is 18.3 Å². The van der Waals surface area contributed by atoms with Crippen LogP contribution in [0.1, 0.15) is 12.5 Å². The van der Waals surface area contributed by atoms with E-state index in [9.17, 15) is 13.2 Å². The van der Waals surface area contributed by atoms with Gasteiger partial charge in [0, 0.05) is 13.1 Å². The van der Waals surface area contributed by atoms with Gasteiger partial charge in [-0.25, -0.2) is 8.42 Å². The SMILES string of the molecule is CCS(=O)(=O)c1ccc(CC(=O)N2CC(O)C2)cc1. The third-order valence-corrected chi connectivity index (χ3v) is 4.98. The first kappa shape index (κ1) is 14.0. The molecule has 1 heterocycles. The average molecular weight is 283 g/mol. The molecule has 0 spiro atoms. The molecule has 1 aromatic rings. The van der Waals surface area contributed by atoms with Crippen molar-refractivity contribution in [3.05, 3.63) is 29.8 Å². The molecule has 1 N–H and O–H groups in total. The molecular formula is C13H17NO4S. The summed E-state index contributed by atoms with van der Waals surface area (Å²) in [5, 5.41) is 9.13. The van der Waals surface area contributed by atoms with Crippen LogP contribution < -0.4 is 0 Å². The number of rotatable bonds is 4. The van der Waals surface area contributed by atoms with Gasteiger partial charge in [0.15, 0.2) is 9.84 Å². The largest absolute Gasteiger partial charge is 0.389 e. The number of nitrogens with zero attached hydrogens (tertiary/aromatic N) is 1. The molecule has 6 heteroatoms. The van der Waals surface area contributed by atoms with Crippen LogP contribution in [0.3, 0.4) is 0 Å². The summed E-state index contributed by atoms with van der Waals surface area (Å²) in [6.07, 6.45) is -0.167. The third-order valence-electron chi connectivity index (χ3n) is 3.23. The number of likely N-dealkylation sites (tertiary alicyclic amines) is 1. The minimum atomic E-state index is -3.19. The molecule has 0 bridgehead atoms. The molecule has 0 aromatic heterocycles. The van der Waals surface area contributed by atoms with Crippen LogP contribution in [0.2, 0.25) is 0 Å². The zero-order valence-corrected chi connectivity index (χ0v) is 11.6. The highest BCUT2D eigenvalue weighted by molar-refractivity contribution is 7.91. The van der Waals surface area contributed by atoms with Crippen molar-refractivity contribution in [3.8, 4) is 0 Å². The van der Waals surface area contributed by atoms with Gasteiger partial charge in [0.25, 0.3) is 0 Å². The van der Waals surface area contributed by atoms with Gasteiger partial charge in [-0.15, -0.1) is 0 Å². The molecule has 0 unspecified atom stereocenters. The monoisotopic (exact) mass is 283 g/mol. The Balaban J connectivity index is 2.01. The minimum absolute atomic E-state index is 0.0450. The summed E-state index contributed by atoms with van der Waals surface area (Å²) in [6, 6.07) is 6.39. The van der Waals surface area contributed by atoms with Gasteiger partial charge in [0.1, 0.15) is 0 Å². The van der Waals surface area contributed by atoms with Gasteiger partial charge in [-0.2, -0.15) is 0 Å². The fourth-order valence-corrected chi connectivity index (χ4v) is 2.81. The van der Waals surface area contributed by atoms with Crippen molar-refractivity contribution in [1.29, 1.82) is 0 Å². The van der Waals surface area contributed by atoms with Crippen LogP contribution in [-0.4, -0.2) is 49.3 Å². The van der Waals surface area contributed by atoms with Gasteiger partial charge < -0.3 is 10.0 Å². The van der Waals surface area contributed by atoms with Crippen molar-refractivity contribution in [1.82, 2.24) is 4.90 Å². The number of hydrogen-bond donors (Lipinski definition) is 1. The maximum atomic E-state index is 11.8. The Hall–Kier alpha value is -1.40. The molecule has 1 saturated heterocycles. The Morgan fingerprint density at radius 3 is 2.37 bits per heavy atom. The predicted octanol–water partition coefficient (Wildman–Crippen LogP) is 0.226. The molecule has 1 aromatic carbocycles. The first-order chi connectivity index (χ1) is 8.92. The van der Waals surface area contributed by atoms with Gasteiger partial charge in [0.2, 0.25) is 5.91 Å². The van der Waals surface area contributed by atoms with Crippen molar-refractivity contribution in [2.75, 3.05) is 18.8 Å². The number of β-amino-alcohol motifs (C(OH)–C–C–N with tert-alkyl or cyclic N) is 1. The summed E-state index contributed by atoms with van der Waals surface area (Å²) in [5.41, 5.74) is 0.779. The molecule has 1 fully saturated rings. The topological polar surface area (TPSA) is 74.7 Å². The lowest BCUT2D eigenvalue weighted by molar-refractivity contribution is -0.140. The van der Waals surface area contributed by atoms with E-state index in [2.05, 4.69) is 0 Å². The van der Waals surface area contributed by atoms with E-state index in [0.29, 0.717) is 13.1 Å². The summed E-state index contributed by atoms with van der Waals surface area (Å²) in [6.45, 7) is 2.38. The summed E-state index contributed by atoms with van der Waals surface area (Å²) < 4.78 is 23.3. The van der Waals surface area contributed by atoms with Gasteiger partial charge in [0.05, 0.1) is 23.2 Å². The van der Waals surface area contributed by atoms with E-state index in [4.69, 9.17) is 5.11 Å². The second-order valence-corrected chi connectivity index (χ2v) is 6.95. The number of aliphatic hydroxyl groups is 1. The van der Waals surface area contributed by atoms with Crippen LogP contribution >= 0.6 is 0 Å². The molecule has 1 aliphatic heterocycles. The maximum absolute atomic E-state index is 11.8. The Labute approximate surface area is 112 Å². The second-order valence-electron chi connectivity index (χ2n) is 4.68. The number of benzene rings is 1. The molecular weight excluding hydrogens is 266 g/mol. The van der Waals surface area contributed by atoms with Crippen molar-refractivity contribution in [3.63, 3.8) is 0 Å². The van der Waals surface area contributed by atoms with E-state index >= 15 is 0 Å². The molecule has 0 aliphatic carbocycles. The summed E-state index contributed by atoms with van der Waals surface area (Å²) >= 11 is 0.